The SMILES string of the molecule is C#CC(NN)C(C)(C)N(CC)CC. The molecule has 0 spiro atoms. The van der Waals surface area contributed by atoms with Gasteiger partial charge < -0.3 is 0 Å². The van der Waals surface area contributed by atoms with Gasteiger partial charge in [0, 0.05) is 5.54 Å². The van der Waals surface area contributed by atoms with Crippen LogP contribution in [-0.2, 0) is 0 Å². The van der Waals surface area contributed by atoms with Crippen LogP contribution in [0.3, 0.4) is 0 Å². The van der Waals surface area contributed by atoms with E-state index in [9.17, 15) is 0 Å². The van der Waals surface area contributed by atoms with Crippen molar-refractivity contribution in [2.45, 2.75) is 39.3 Å². The van der Waals surface area contributed by atoms with Crippen molar-refractivity contribution in [2.24, 2.45) is 5.84 Å². The molecule has 76 valence electrons. The van der Waals surface area contributed by atoms with E-state index < -0.39 is 0 Å². The fraction of sp³-hybridized carbons (Fsp3) is 0.800. The highest BCUT2D eigenvalue weighted by molar-refractivity contribution is 5.09. The molecule has 0 amide bonds. The molecule has 0 saturated heterocycles. The predicted molar refractivity (Wildman–Crippen MR) is 56.9 cm³/mol. The summed E-state index contributed by atoms with van der Waals surface area (Å²) < 4.78 is 0. The van der Waals surface area contributed by atoms with E-state index >= 15 is 0 Å². The number of hydrazine groups is 1. The van der Waals surface area contributed by atoms with Crippen molar-refractivity contribution in [2.75, 3.05) is 13.1 Å². The Balaban J connectivity index is 4.60. The molecule has 0 saturated carbocycles. The standard InChI is InChI=1S/C10H21N3/c1-6-9(12-11)10(4,5)13(7-2)8-3/h1,9,12H,7-8,11H2,2-5H3. The van der Waals surface area contributed by atoms with Crippen LogP contribution >= 0.6 is 0 Å². The van der Waals surface area contributed by atoms with Gasteiger partial charge in [-0.2, -0.15) is 0 Å². The topological polar surface area (TPSA) is 41.3 Å². The molecule has 0 rings (SSSR count). The molecule has 0 aromatic heterocycles. The van der Waals surface area contributed by atoms with Gasteiger partial charge in [-0.15, -0.1) is 6.42 Å². The minimum Gasteiger partial charge on any atom is -0.296 e. The van der Waals surface area contributed by atoms with Gasteiger partial charge >= 0.3 is 0 Å². The molecule has 3 heteroatoms. The number of nitrogens with one attached hydrogen (secondary N) is 1. The summed E-state index contributed by atoms with van der Waals surface area (Å²) >= 11 is 0. The summed E-state index contributed by atoms with van der Waals surface area (Å²) in [5.41, 5.74) is 2.56. The van der Waals surface area contributed by atoms with Gasteiger partial charge in [0.05, 0.1) is 6.04 Å². The number of rotatable bonds is 5. The Hall–Kier alpha value is -0.560. The van der Waals surface area contributed by atoms with E-state index in [0.29, 0.717) is 0 Å². The van der Waals surface area contributed by atoms with E-state index in [4.69, 9.17) is 12.3 Å². The minimum atomic E-state index is -0.118. The van der Waals surface area contributed by atoms with E-state index in [1.165, 1.54) is 0 Å². The second-order valence-electron chi connectivity index (χ2n) is 3.59. The van der Waals surface area contributed by atoms with E-state index in [1.54, 1.807) is 0 Å². The lowest BCUT2D eigenvalue weighted by Crippen LogP contribution is -2.58. The molecule has 0 heterocycles. The van der Waals surface area contributed by atoms with E-state index in [0.717, 1.165) is 13.1 Å². The maximum atomic E-state index is 5.40. The number of nitrogens with zero attached hydrogens (tertiary/aromatic N) is 1. The summed E-state index contributed by atoms with van der Waals surface area (Å²) in [5, 5.41) is 0. The van der Waals surface area contributed by atoms with Crippen LogP contribution in [-0.4, -0.2) is 29.6 Å². The van der Waals surface area contributed by atoms with Crippen LogP contribution in [0.2, 0.25) is 0 Å². The van der Waals surface area contributed by atoms with Crippen LogP contribution in [0, 0.1) is 12.3 Å². The monoisotopic (exact) mass is 183 g/mol. The van der Waals surface area contributed by atoms with Crippen LogP contribution < -0.4 is 11.3 Å². The van der Waals surface area contributed by atoms with Gasteiger partial charge in [-0.05, 0) is 26.9 Å². The maximum absolute atomic E-state index is 5.40. The maximum Gasteiger partial charge on any atom is 0.0992 e. The van der Waals surface area contributed by atoms with Gasteiger partial charge in [0.2, 0.25) is 0 Å². The van der Waals surface area contributed by atoms with Crippen molar-refractivity contribution in [3.8, 4) is 12.3 Å². The first-order valence-electron chi connectivity index (χ1n) is 4.71. The molecule has 1 unspecified atom stereocenters. The summed E-state index contributed by atoms with van der Waals surface area (Å²) in [6.07, 6.45) is 5.40. The molecule has 3 N–H and O–H groups in total. The smallest absolute Gasteiger partial charge is 0.0992 e. The Morgan fingerprint density at radius 3 is 2.15 bits per heavy atom. The first kappa shape index (κ1) is 12.4. The molecule has 1 atom stereocenters. The van der Waals surface area contributed by atoms with Gasteiger partial charge in [-0.1, -0.05) is 19.8 Å². The third-order valence-electron chi connectivity index (χ3n) is 2.62. The fourth-order valence-electron chi connectivity index (χ4n) is 1.68. The van der Waals surface area contributed by atoms with E-state index in [-0.39, 0.29) is 11.6 Å². The third kappa shape index (κ3) is 2.70. The number of terminal acetylenes is 1. The summed E-state index contributed by atoms with van der Waals surface area (Å²) in [6, 6.07) is -0.118. The lowest BCUT2D eigenvalue weighted by Gasteiger charge is -2.40. The summed E-state index contributed by atoms with van der Waals surface area (Å²) in [5.74, 6) is 8.06. The van der Waals surface area contributed by atoms with Gasteiger partial charge in [0.1, 0.15) is 0 Å². The molecular weight excluding hydrogens is 162 g/mol. The molecule has 13 heavy (non-hydrogen) atoms. The van der Waals surface area contributed by atoms with Crippen molar-refractivity contribution < 1.29 is 0 Å². The molecule has 0 aliphatic carbocycles. The lowest BCUT2D eigenvalue weighted by atomic mass is 9.93. The quantitative estimate of drug-likeness (QED) is 0.372. The third-order valence-corrected chi connectivity index (χ3v) is 2.62. The minimum absolute atomic E-state index is 0.104. The second-order valence-corrected chi connectivity index (χ2v) is 3.59. The highest BCUT2D eigenvalue weighted by atomic mass is 15.3. The Labute approximate surface area is 81.6 Å². The first-order chi connectivity index (χ1) is 6.04. The lowest BCUT2D eigenvalue weighted by molar-refractivity contribution is 0.112. The van der Waals surface area contributed by atoms with Crippen molar-refractivity contribution in [3.05, 3.63) is 0 Å². The Morgan fingerprint density at radius 1 is 1.46 bits per heavy atom. The molecule has 3 nitrogen and oxygen atoms in total. The molecule has 0 aliphatic rings. The molecule has 0 aromatic rings. The van der Waals surface area contributed by atoms with Crippen molar-refractivity contribution in [1.82, 2.24) is 10.3 Å². The zero-order valence-corrected chi connectivity index (χ0v) is 9.09. The number of likely N-dealkylation sites (N-methyl/N-ethyl adjacent to an activating group) is 1. The number of hydrogen-bond acceptors (Lipinski definition) is 3. The fourth-order valence-corrected chi connectivity index (χ4v) is 1.68. The van der Waals surface area contributed by atoms with Gasteiger partial charge in [0.15, 0.2) is 0 Å². The molecule has 0 bridgehead atoms. The highest BCUT2D eigenvalue weighted by Gasteiger charge is 2.31. The number of hydrogen-bond donors (Lipinski definition) is 2. The molecule has 0 radical (unpaired) electrons. The van der Waals surface area contributed by atoms with Crippen molar-refractivity contribution >= 4 is 0 Å². The zero-order valence-electron chi connectivity index (χ0n) is 9.09. The Bertz CT molecular complexity index is 177. The van der Waals surface area contributed by atoms with Crippen LogP contribution in [0.1, 0.15) is 27.7 Å². The predicted octanol–water partition coefficient (Wildman–Crippen LogP) is 0.572. The summed E-state index contributed by atoms with van der Waals surface area (Å²) in [7, 11) is 0. The Kier molecular flexibility index (Phi) is 5.01. The average Bonchev–Trinajstić information content (AvgIpc) is 2.07. The normalized spacial score (nSPS) is 14.2. The number of nitrogens with two attached hydrogens (primary N) is 1. The van der Waals surface area contributed by atoms with E-state index in [2.05, 4.69) is 43.9 Å². The van der Waals surface area contributed by atoms with Gasteiger partial charge in [-0.25, -0.2) is 5.43 Å². The van der Waals surface area contributed by atoms with Gasteiger partial charge in [-0.3, -0.25) is 10.7 Å². The Morgan fingerprint density at radius 2 is 1.92 bits per heavy atom. The molecule has 0 aliphatic heterocycles. The van der Waals surface area contributed by atoms with E-state index in [1.807, 2.05) is 0 Å². The molecule has 0 aromatic carbocycles. The summed E-state index contributed by atoms with van der Waals surface area (Å²) in [6.45, 7) is 10.4. The zero-order chi connectivity index (χ0) is 10.5. The second kappa shape index (κ2) is 5.23. The molecular formula is C10H21N3. The van der Waals surface area contributed by atoms with Crippen molar-refractivity contribution in [1.29, 1.82) is 0 Å². The van der Waals surface area contributed by atoms with Crippen molar-refractivity contribution in [3.63, 3.8) is 0 Å². The largest absolute Gasteiger partial charge is 0.296 e. The molecule has 0 fully saturated rings. The summed E-state index contributed by atoms with van der Waals surface area (Å²) in [4.78, 5) is 2.29. The van der Waals surface area contributed by atoms with Crippen LogP contribution in [0.4, 0.5) is 0 Å². The van der Waals surface area contributed by atoms with Crippen LogP contribution in [0.25, 0.3) is 0 Å². The first-order valence-corrected chi connectivity index (χ1v) is 4.71. The van der Waals surface area contributed by atoms with Crippen LogP contribution in [0.5, 0.6) is 0 Å². The highest BCUT2D eigenvalue weighted by Crippen LogP contribution is 2.17. The average molecular weight is 183 g/mol. The van der Waals surface area contributed by atoms with Gasteiger partial charge in [0.25, 0.3) is 0 Å². The van der Waals surface area contributed by atoms with Crippen LogP contribution in [0.15, 0.2) is 0 Å².